The van der Waals surface area contributed by atoms with Crippen LogP contribution in [0.4, 0.5) is 13.2 Å². The Hall–Kier alpha value is -4.70. The van der Waals surface area contributed by atoms with Crippen LogP contribution in [-0.2, 0) is 6.18 Å². The fourth-order valence-electron chi connectivity index (χ4n) is 5.46. The largest absolute Gasteiger partial charge is 0.497 e. The van der Waals surface area contributed by atoms with Crippen molar-refractivity contribution in [1.29, 1.82) is 0 Å². The lowest BCUT2D eigenvalue weighted by Crippen LogP contribution is -2.49. The molecule has 0 N–H and O–H groups in total. The Bertz CT molecular complexity index is 1640. The summed E-state index contributed by atoms with van der Waals surface area (Å²) in [6, 6.07) is 27.9. The predicted molar refractivity (Wildman–Crippen MR) is 152 cm³/mol. The van der Waals surface area contributed by atoms with Crippen molar-refractivity contribution in [3.8, 4) is 17.0 Å². The second-order valence-electron chi connectivity index (χ2n) is 10.1. The van der Waals surface area contributed by atoms with Crippen molar-refractivity contribution in [2.75, 3.05) is 33.3 Å². The van der Waals surface area contributed by atoms with Crippen molar-refractivity contribution in [1.82, 2.24) is 24.4 Å². The molecule has 1 fully saturated rings. The minimum absolute atomic E-state index is 0.0182. The van der Waals surface area contributed by atoms with Crippen LogP contribution in [0, 0.1) is 0 Å². The molecule has 0 atom stereocenters. The molecule has 0 spiro atoms. The van der Waals surface area contributed by atoms with Gasteiger partial charge < -0.3 is 9.64 Å². The maximum atomic E-state index is 14.1. The number of rotatable bonds is 6. The van der Waals surface area contributed by atoms with E-state index in [1.807, 2.05) is 36.4 Å². The molecule has 7 nitrogen and oxygen atoms in total. The lowest BCUT2D eigenvalue weighted by molar-refractivity contribution is -0.142. The van der Waals surface area contributed by atoms with Crippen molar-refractivity contribution in [3.63, 3.8) is 0 Å². The highest BCUT2D eigenvalue weighted by Crippen LogP contribution is 2.34. The first-order valence-electron chi connectivity index (χ1n) is 13.6. The van der Waals surface area contributed by atoms with Crippen molar-refractivity contribution in [3.05, 3.63) is 120 Å². The standard InChI is InChI=1S/C32H28F3N5O2/c1-42-25-14-12-22(13-15-25)27-20-28(32(33,34)35)40-30(37-27)26(21-36-40)31(41)39-18-16-38(17-19-39)29(23-8-4-2-5-9-23)24-10-6-3-7-11-24/h2-15,20-21,29H,16-19H2,1H3. The average Bonchev–Trinajstić information content (AvgIpc) is 3.45. The zero-order chi connectivity index (χ0) is 29.3. The number of alkyl halides is 3. The number of nitrogens with zero attached hydrogens (tertiary/aromatic N) is 5. The summed E-state index contributed by atoms with van der Waals surface area (Å²) in [6.45, 7) is 2.02. The lowest BCUT2D eigenvalue weighted by atomic mass is 9.96. The Balaban J connectivity index is 1.29. The Kier molecular flexibility index (Phi) is 7.38. The molecule has 2 aromatic heterocycles. The van der Waals surface area contributed by atoms with E-state index in [0.717, 1.165) is 17.2 Å². The van der Waals surface area contributed by atoms with E-state index in [4.69, 9.17) is 4.74 Å². The van der Waals surface area contributed by atoms with Crippen LogP contribution in [0.2, 0.25) is 0 Å². The normalized spacial score (nSPS) is 14.5. The Morgan fingerprint density at radius 1 is 0.857 bits per heavy atom. The number of hydrogen-bond acceptors (Lipinski definition) is 5. The first kappa shape index (κ1) is 27.5. The lowest BCUT2D eigenvalue weighted by Gasteiger charge is -2.39. The summed E-state index contributed by atoms with van der Waals surface area (Å²) >= 11 is 0. The van der Waals surface area contributed by atoms with E-state index in [9.17, 15) is 18.0 Å². The quantitative estimate of drug-likeness (QED) is 0.251. The smallest absolute Gasteiger partial charge is 0.433 e. The molecule has 0 aliphatic carbocycles. The summed E-state index contributed by atoms with van der Waals surface area (Å²) < 4.78 is 48.1. The van der Waals surface area contributed by atoms with Gasteiger partial charge in [-0.1, -0.05) is 60.7 Å². The third-order valence-corrected chi connectivity index (χ3v) is 7.58. The molecule has 0 bridgehead atoms. The molecule has 214 valence electrons. The van der Waals surface area contributed by atoms with E-state index in [0.29, 0.717) is 42.0 Å². The number of ether oxygens (including phenoxy) is 1. The number of halogens is 3. The molecular formula is C32H28F3N5O2. The van der Waals surface area contributed by atoms with E-state index in [1.54, 1.807) is 29.2 Å². The van der Waals surface area contributed by atoms with Gasteiger partial charge in [-0.25, -0.2) is 9.50 Å². The SMILES string of the molecule is COc1ccc(-c2cc(C(F)(F)F)n3ncc(C(=O)N4CCN(C(c5ccccc5)c5ccccc5)CC4)c3n2)cc1. The number of carbonyl (C=O) groups excluding carboxylic acids is 1. The van der Waals surface area contributed by atoms with Crippen molar-refractivity contribution in [2.45, 2.75) is 12.2 Å². The topological polar surface area (TPSA) is 63.0 Å². The summed E-state index contributed by atoms with van der Waals surface area (Å²) in [5, 5.41) is 3.94. The molecule has 0 unspecified atom stereocenters. The first-order valence-corrected chi connectivity index (χ1v) is 13.6. The highest BCUT2D eigenvalue weighted by Gasteiger charge is 2.37. The third-order valence-electron chi connectivity index (χ3n) is 7.58. The van der Waals surface area contributed by atoms with Crippen molar-refractivity contribution >= 4 is 11.6 Å². The van der Waals surface area contributed by atoms with Crippen molar-refractivity contribution < 1.29 is 22.7 Å². The molecule has 1 aliphatic rings. The fourth-order valence-corrected chi connectivity index (χ4v) is 5.46. The number of benzene rings is 3. The number of hydrogen-bond donors (Lipinski definition) is 0. The van der Waals surface area contributed by atoms with E-state index in [2.05, 4.69) is 39.2 Å². The molecule has 1 saturated heterocycles. The molecule has 42 heavy (non-hydrogen) atoms. The minimum atomic E-state index is -4.70. The summed E-state index contributed by atoms with van der Waals surface area (Å²) in [5.41, 5.74) is 1.76. The third kappa shape index (κ3) is 5.33. The van der Waals surface area contributed by atoms with E-state index >= 15 is 0 Å². The first-order chi connectivity index (χ1) is 20.3. The van der Waals surface area contributed by atoms with Gasteiger partial charge >= 0.3 is 6.18 Å². The molecule has 5 aromatic rings. The zero-order valence-corrected chi connectivity index (χ0v) is 22.8. The van der Waals surface area contributed by atoms with Crippen molar-refractivity contribution in [2.24, 2.45) is 0 Å². The molecular weight excluding hydrogens is 543 g/mol. The highest BCUT2D eigenvalue weighted by molar-refractivity contribution is 6.00. The minimum Gasteiger partial charge on any atom is -0.497 e. The molecule has 6 rings (SSSR count). The van der Waals surface area contributed by atoms with Crippen LogP contribution in [0.3, 0.4) is 0 Å². The van der Waals surface area contributed by atoms with Gasteiger partial charge in [-0.15, -0.1) is 0 Å². The van der Waals surface area contributed by atoms with Crippen LogP contribution >= 0.6 is 0 Å². The predicted octanol–water partition coefficient (Wildman–Crippen LogP) is 5.97. The molecule has 0 radical (unpaired) electrons. The highest BCUT2D eigenvalue weighted by atomic mass is 19.4. The van der Waals surface area contributed by atoms with Crippen LogP contribution in [0.1, 0.15) is 33.2 Å². The number of aromatic nitrogens is 3. The monoisotopic (exact) mass is 571 g/mol. The van der Waals surface area contributed by atoms with Crippen LogP contribution in [0.15, 0.2) is 97.2 Å². The van der Waals surface area contributed by atoms with E-state index in [-0.39, 0.29) is 22.9 Å². The fraction of sp³-hybridized carbons (Fsp3) is 0.219. The summed E-state index contributed by atoms with van der Waals surface area (Å²) in [4.78, 5) is 22.2. The number of fused-ring (bicyclic) bond motifs is 1. The van der Waals surface area contributed by atoms with Crippen LogP contribution in [0.25, 0.3) is 16.9 Å². The van der Waals surface area contributed by atoms with Gasteiger partial charge in [0.25, 0.3) is 5.91 Å². The molecule has 1 amide bonds. The second kappa shape index (κ2) is 11.3. The molecule has 3 aromatic carbocycles. The maximum Gasteiger partial charge on any atom is 0.433 e. The second-order valence-corrected chi connectivity index (χ2v) is 10.1. The van der Waals surface area contributed by atoms with Gasteiger partial charge in [0.05, 0.1) is 25.0 Å². The molecule has 10 heteroatoms. The van der Waals surface area contributed by atoms with Gasteiger partial charge in [0.15, 0.2) is 11.3 Å². The number of methoxy groups -OCH3 is 1. The summed E-state index contributed by atoms with van der Waals surface area (Å²) in [6.07, 6.45) is -3.52. The number of carbonyl (C=O) groups is 1. The van der Waals surface area contributed by atoms with Gasteiger partial charge in [-0.05, 0) is 41.5 Å². The van der Waals surface area contributed by atoms with Crippen LogP contribution in [0.5, 0.6) is 5.75 Å². The van der Waals surface area contributed by atoms with E-state index in [1.165, 1.54) is 13.3 Å². The Labute approximate surface area is 240 Å². The van der Waals surface area contributed by atoms with Gasteiger partial charge in [-0.3, -0.25) is 9.69 Å². The average molecular weight is 572 g/mol. The van der Waals surface area contributed by atoms with Gasteiger partial charge in [0, 0.05) is 31.7 Å². The van der Waals surface area contributed by atoms with Gasteiger partial charge in [0.2, 0.25) is 0 Å². The Morgan fingerprint density at radius 2 is 1.45 bits per heavy atom. The summed E-state index contributed by atoms with van der Waals surface area (Å²) in [5.74, 6) is 0.171. The van der Waals surface area contributed by atoms with E-state index < -0.39 is 17.8 Å². The van der Waals surface area contributed by atoms with Crippen LogP contribution in [-0.4, -0.2) is 63.6 Å². The maximum absolute atomic E-state index is 14.1. The zero-order valence-electron chi connectivity index (χ0n) is 22.8. The summed E-state index contributed by atoms with van der Waals surface area (Å²) in [7, 11) is 1.51. The van der Waals surface area contributed by atoms with Crippen LogP contribution < -0.4 is 4.74 Å². The number of piperazine rings is 1. The molecule has 1 aliphatic heterocycles. The Morgan fingerprint density at radius 3 is 2.00 bits per heavy atom. The van der Waals surface area contributed by atoms with Gasteiger partial charge in [-0.2, -0.15) is 18.3 Å². The molecule has 3 heterocycles. The number of amides is 1. The van der Waals surface area contributed by atoms with Gasteiger partial charge in [0.1, 0.15) is 11.3 Å². The molecule has 0 saturated carbocycles.